The topological polar surface area (TPSA) is 101 Å². The van der Waals surface area contributed by atoms with E-state index in [1.165, 1.54) is 0 Å². The Morgan fingerprint density at radius 3 is 2.77 bits per heavy atom. The largest absolute Gasteiger partial charge is 0.381 e. The van der Waals surface area contributed by atoms with E-state index < -0.39 is 0 Å². The number of benzene rings is 1. The maximum absolute atomic E-state index is 12.7. The number of ether oxygens (including phenoxy) is 1. The molecule has 1 atom stereocenters. The third-order valence-corrected chi connectivity index (χ3v) is 4.52. The number of nitriles is 1. The van der Waals surface area contributed by atoms with Gasteiger partial charge in [-0.3, -0.25) is 4.79 Å². The second-order valence-electron chi connectivity index (χ2n) is 6.74. The molecule has 0 saturated carbocycles. The zero-order valence-electron chi connectivity index (χ0n) is 14.9. The number of carbonyl (C=O) groups is 1. The minimum atomic E-state index is -0.378. The average molecular weight is 354 g/mol. The van der Waals surface area contributed by atoms with Gasteiger partial charge in [0, 0.05) is 24.7 Å². The van der Waals surface area contributed by atoms with Crippen LogP contribution >= 0.6 is 0 Å². The van der Waals surface area contributed by atoms with Crippen molar-refractivity contribution in [3.05, 3.63) is 47.1 Å². The highest BCUT2D eigenvalue weighted by atomic mass is 16.5. The predicted molar refractivity (Wildman–Crippen MR) is 93.3 cm³/mol. The first-order valence-electron chi connectivity index (χ1n) is 8.80. The van der Waals surface area contributed by atoms with Crippen LogP contribution in [0.15, 0.2) is 28.8 Å². The van der Waals surface area contributed by atoms with Crippen LogP contribution in [0.25, 0.3) is 0 Å². The first-order chi connectivity index (χ1) is 12.6. The molecule has 7 nitrogen and oxygen atoms in total. The van der Waals surface area contributed by atoms with Gasteiger partial charge in [-0.1, -0.05) is 25.1 Å². The van der Waals surface area contributed by atoms with Gasteiger partial charge < -0.3 is 14.6 Å². The summed E-state index contributed by atoms with van der Waals surface area (Å²) in [5, 5.41) is 16.1. The Bertz CT molecular complexity index is 803. The molecule has 7 heteroatoms. The maximum atomic E-state index is 12.7. The number of hydrogen-bond acceptors (Lipinski definition) is 6. The van der Waals surface area contributed by atoms with Gasteiger partial charge in [-0.15, -0.1) is 0 Å². The number of hydrogen-bond donors (Lipinski definition) is 1. The van der Waals surface area contributed by atoms with E-state index in [9.17, 15) is 4.79 Å². The van der Waals surface area contributed by atoms with Crippen LogP contribution in [0.1, 0.15) is 66.3 Å². The van der Waals surface area contributed by atoms with Crippen molar-refractivity contribution in [2.24, 2.45) is 5.92 Å². The molecule has 1 aliphatic rings. The van der Waals surface area contributed by atoms with Gasteiger partial charge in [0.05, 0.1) is 11.6 Å². The Labute approximate surface area is 152 Å². The molecule has 0 unspecified atom stereocenters. The molecule has 0 radical (unpaired) electrons. The van der Waals surface area contributed by atoms with E-state index in [4.69, 9.17) is 14.5 Å². The minimum absolute atomic E-state index is 0.144. The lowest BCUT2D eigenvalue weighted by Crippen LogP contribution is -2.36. The normalized spacial score (nSPS) is 16.2. The third kappa shape index (κ3) is 4.09. The van der Waals surface area contributed by atoms with E-state index in [1.807, 2.05) is 19.9 Å². The summed E-state index contributed by atoms with van der Waals surface area (Å²) in [4.78, 5) is 17.2. The van der Waals surface area contributed by atoms with Gasteiger partial charge in [0.15, 0.2) is 5.82 Å². The van der Waals surface area contributed by atoms with E-state index in [0.717, 1.165) is 12.8 Å². The fraction of sp³-hybridized carbons (Fsp3) is 0.474. The Balaban J connectivity index is 1.84. The van der Waals surface area contributed by atoms with Crippen LogP contribution in [0.3, 0.4) is 0 Å². The second kappa shape index (κ2) is 8.11. The molecule has 3 rings (SSSR count). The van der Waals surface area contributed by atoms with Gasteiger partial charge in [0.1, 0.15) is 6.04 Å². The molecule has 1 aromatic heterocycles. The monoisotopic (exact) mass is 354 g/mol. The quantitative estimate of drug-likeness (QED) is 0.886. The lowest BCUT2D eigenvalue weighted by Gasteiger charge is -2.28. The first-order valence-corrected chi connectivity index (χ1v) is 8.80. The van der Waals surface area contributed by atoms with Gasteiger partial charge in [-0.05, 0) is 37.0 Å². The van der Waals surface area contributed by atoms with E-state index in [1.54, 1.807) is 24.3 Å². The summed E-state index contributed by atoms with van der Waals surface area (Å²) in [6.45, 7) is 5.27. The molecule has 0 spiro atoms. The molecule has 2 aromatic rings. The lowest BCUT2D eigenvalue weighted by molar-refractivity contribution is 0.0468. The zero-order chi connectivity index (χ0) is 18.5. The van der Waals surface area contributed by atoms with Crippen LogP contribution in [0.4, 0.5) is 0 Å². The number of nitrogens with zero attached hydrogens (tertiary/aromatic N) is 3. The smallest absolute Gasteiger partial charge is 0.251 e. The van der Waals surface area contributed by atoms with Crippen molar-refractivity contribution in [3.8, 4) is 6.07 Å². The Morgan fingerprint density at radius 2 is 2.12 bits per heavy atom. The zero-order valence-corrected chi connectivity index (χ0v) is 14.9. The predicted octanol–water partition coefficient (Wildman–Crippen LogP) is 2.96. The Morgan fingerprint density at radius 1 is 1.35 bits per heavy atom. The van der Waals surface area contributed by atoms with Crippen molar-refractivity contribution >= 4 is 5.91 Å². The highest BCUT2D eigenvalue weighted by Crippen LogP contribution is 2.30. The molecule has 136 valence electrons. The SMILES string of the molecule is CC(C)c1noc([C@@H](NC(=O)c2cccc(C#N)c2)C2CCOCC2)n1. The molecule has 0 bridgehead atoms. The van der Waals surface area contributed by atoms with Gasteiger partial charge in [0.25, 0.3) is 5.91 Å². The fourth-order valence-electron chi connectivity index (χ4n) is 2.99. The molecular formula is C19H22N4O3. The molecule has 1 N–H and O–H groups in total. The number of nitrogens with one attached hydrogen (secondary N) is 1. The number of amides is 1. The standard InChI is InChI=1S/C19H22N4O3/c1-12(2)17-22-19(26-23-17)16(14-6-8-25-9-7-14)21-18(24)15-5-3-4-13(10-15)11-20/h3-5,10,12,14,16H,6-9H2,1-2H3,(H,21,24)/t16-/m0/s1. The van der Waals surface area contributed by atoms with Gasteiger partial charge in [-0.2, -0.15) is 10.2 Å². The van der Waals surface area contributed by atoms with Crippen LogP contribution in [-0.4, -0.2) is 29.3 Å². The van der Waals surface area contributed by atoms with E-state index in [0.29, 0.717) is 36.1 Å². The van der Waals surface area contributed by atoms with Crippen LogP contribution in [-0.2, 0) is 4.74 Å². The van der Waals surface area contributed by atoms with E-state index in [2.05, 4.69) is 15.5 Å². The van der Waals surface area contributed by atoms with Crippen LogP contribution in [0.2, 0.25) is 0 Å². The van der Waals surface area contributed by atoms with E-state index in [-0.39, 0.29) is 23.8 Å². The Kier molecular flexibility index (Phi) is 5.64. The molecule has 0 aliphatic carbocycles. The molecule has 1 amide bonds. The molecule has 1 aliphatic heterocycles. The molecule has 2 heterocycles. The summed E-state index contributed by atoms with van der Waals surface area (Å²) in [5.41, 5.74) is 0.879. The summed E-state index contributed by atoms with van der Waals surface area (Å²) in [6, 6.07) is 8.29. The minimum Gasteiger partial charge on any atom is -0.381 e. The maximum Gasteiger partial charge on any atom is 0.251 e. The summed E-state index contributed by atoms with van der Waals surface area (Å²) in [6.07, 6.45) is 1.62. The summed E-state index contributed by atoms with van der Waals surface area (Å²) >= 11 is 0. The lowest BCUT2D eigenvalue weighted by atomic mass is 9.91. The van der Waals surface area contributed by atoms with Crippen molar-refractivity contribution in [2.75, 3.05) is 13.2 Å². The van der Waals surface area contributed by atoms with Crippen molar-refractivity contribution in [2.45, 2.75) is 38.6 Å². The highest BCUT2D eigenvalue weighted by Gasteiger charge is 2.32. The first kappa shape index (κ1) is 18.1. The van der Waals surface area contributed by atoms with Gasteiger partial charge in [0.2, 0.25) is 5.89 Å². The fourth-order valence-corrected chi connectivity index (χ4v) is 2.99. The highest BCUT2D eigenvalue weighted by molar-refractivity contribution is 5.94. The van der Waals surface area contributed by atoms with Crippen LogP contribution in [0.5, 0.6) is 0 Å². The van der Waals surface area contributed by atoms with Crippen molar-refractivity contribution in [3.63, 3.8) is 0 Å². The van der Waals surface area contributed by atoms with Crippen molar-refractivity contribution in [1.29, 1.82) is 5.26 Å². The van der Waals surface area contributed by atoms with Crippen LogP contribution < -0.4 is 5.32 Å². The van der Waals surface area contributed by atoms with Crippen molar-refractivity contribution < 1.29 is 14.1 Å². The van der Waals surface area contributed by atoms with E-state index >= 15 is 0 Å². The number of rotatable bonds is 5. The molecular weight excluding hydrogens is 332 g/mol. The van der Waals surface area contributed by atoms with Gasteiger partial charge in [-0.25, -0.2) is 0 Å². The summed E-state index contributed by atoms with van der Waals surface area (Å²) in [7, 11) is 0. The second-order valence-corrected chi connectivity index (χ2v) is 6.74. The molecule has 1 aromatic carbocycles. The third-order valence-electron chi connectivity index (χ3n) is 4.52. The molecule has 1 fully saturated rings. The number of carbonyl (C=O) groups excluding carboxylic acids is 1. The molecule has 26 heavy (non-hydrogen) atoms. The Hall–Kier alpha value is -2.72. The summed E-state index contributed by atoms with van der Waals surface area (Å²) < 4.78 is 10.9. The molecule has 1 saturated heterocycles. The average Bonchev–Trinajstić information content (AvgIpc) is 3.17. The number of aromatic nitrogens is 2. The van der Waals surface area contributed by atoms with Gasteiger partial charge >= 0.3 is 0 Å². The van der Waals surface area contributed by atoms with Crippen molar-refractivity contribution in [1.82, 2.24) is 15.5 Å². The van der Waals surface area contributed by atoms with Crippen LogP contribution in [0, 0.1) is 17.2 Å². The summed E-state index contributed by atoms with van der Waals surface area (Å²) in [5.74, 6) is 1.09.